The monoisotopic (exact) mass is 242 g/mol. The zero-order valence-electron chi connectivity index (χ0n) is 9.68. The van der Waals surface area contributed by atoms with Crippen LogP contribution in [0.25, 0.3) is 0 Å². The Morgan fingerprint density at radius 3 is 2.71 bits per heavy atom. The highest BCUT2D eigenvalue weighted by Crippen LogP contribution is 2.23. The summed E-state index contributed by atoms with van der Waals surface area (Å²) < 4.78 is 17.4. The normalized spacial score (nSPS) is 14.2. The minimum atomic E-state index is -1.32. The van der Waals surface area contributed by atoms with Gasteiger partial charge in [-0.15, -0.1) is 0 Å². The van der Waals surface area contributed by atoms with Gasteiger partial charge < -0.3 is 14.9 Å². The number of esters is 1. The molecule has 0 bridgehead atoms. The van der Waals surface area contributed by atoms with Crippen LogP contribution >= 0.6 is 0 Å². The van der Waals surface area contributed by atoms with E-state index in [0.717, 1.165) is 6.07 Å². The van der Waals surface area contributed by atoms with Crippen LogP contribution in [0.15, 0.2) is 18.2 Å². The largest absolute Gasteiger partial charge is 0.469 e. The number of hydrogen-bond acceptors (Lipinski definition) is 4. The van der Waals surface area contributed by atoms with Gasteiger partial charge in [0.05, 0.1) is 19.6 Å². The summed E-state index contributed by atoms with van der Waals surface area (Å²) in [5.41, 5.74) is 0.907. The average molecular weight is 242 g/mol. The molecule has 0 radical (unpaired) electrons. The van der Waals surface area contributed by atoms with Gasteiger partial charge in [-0.2, -0.15) is 0 Å². The second-order valence-electron chi connectivity index (χ2n) is 3.79. The van der Waals surface area contributed by atoms with E-state index in [1.54, 1.807) is 6.92 Å². The first kappa shape index (κ1) is 13.6. The molecule has 1 aromatic rings. The summed E-state index contributed by atoms with van der Waals surface area (Å²) in [6, 6.07) is 3.90. The van der Waals surface area contributed by atoms with Gasteiger partial charge in [0, 0.05) is 0 Å². The van der Waals surface area contributed by atoms with Crippen molar-refractivity contribution in [1.82, 2.24) is 0 Å². The van der Waals surface area contributed by atoms with Crippen LogP contribution in [0.4, 0.5) is 4.39 Å². The smallest absolute Gasteiger partial charge is 0.308 e. The molecule has 2 atom stereocenters. The highest BCUT2D eigenvalue weighted by Gasteiger charge is 2.23. The van der Waals surface area contributed by atoms with Gasteiger partial charge in [-0.25, -0.2) is 4.39 Å². The standard InChI is InChI=1S/C12H15FO4/c1-7-3-4-8(13)5-9(7)12(16)10(14)6-11(15)17-2/h3-5,10,12,14,16H,6H2,1-2H3. The van der Waals surface area contributed by atoms with E-state index in [0.29, 0.717) is 5.56 Å². The van der Waals surface area contributed by atoms with Crippen molar-refractivity contribution in [2.75, 3.05) is 7.11 Å². The molecule has 5 heteroatoms. The molecule has 0 saturated heterocycles. The Bertz CT molecular complexity index is 405. The van der Waals surface area contributed by atoms with E-state index in [4.69, 9.17) is 0 Å². The van der Waals surface area contributed by atoms with Gasteiger partial charge in [-0.3, -0.25) is 4.79 Å². The molecule has 0 aliphatic carbocycles. The number of methoxy groups -OCH3 is 1. The molecule has 94 valence electrons. The third kappa shape index (κ3) is 3.51. The van der Waals surface area contributed by atoms with Gasteiger partial charge >= 0.3 is 5.97 Å². The number of aryl methyl sites for hydroxylation is 1. The molecule has 0 spiro atoms. The number of carbonyl (C=O) groups excluding carboxylic acids is 1. The summed E-state index contributed by atoms with van der Waals surface area (Å²) in [5, 5.41) is 19.4. The molecule has 2 unspecified atom stereocenters. The van der Waals surface area contributed by atoms with Crippen LogP contribution in [-0.2, 0) is 9.53 Å². The first-order valence-electron chi connectivity index (χ1n) is 5.14. The molecule has 2 N–H and O–H groups in total. The van der Waals surface area contributed by atoms with Gasteiger partial charge in [0.1, 0.15) is 11.9 Å². The Hall–Kier alpha value is -1.46. The number of hydrogen-bond donors (Lipinski definition) is 2. The highest BCUT2D eigenvalue weighted by molar-refractivity contribution is 5.69. The van der Waals surface area contributed by atoms with Gasteiger partial charge in [0.15, 0.2) is 0 Å². The molecule has 0 aliphatic rings. The predicted octanol–water partition coefficient (Wildman–Crippen LogP) is 1.09. The molecule has 4 nitrogen and oxygen atoms in total. The van der Waals surface area contributed by atoms with Crippen LogP contribution in [0.1, 0.15) is 23.7 Å². The van der Waals surface area contributed by atoms with E-state index in [1.165, 1.54) is 19.2 Å². The maximum atomic E-state index is 13.0. The van der Waals surface area contributed by atoms with Crippen molar-refractivity contribution in [3.8, 4) is 0 Å². The predicted molar refractivity (Wildman–Crippen MR) is 58.7 cm³/mol. The fourth-order valence-corrected chi connectivity index (χ4v) is 1.50. The summed E-state index contributed by atoms with van der Waals surface area (Å²) in [6.45, 7) is 1.68. The maximum Gasteiger partial charge on any atom is 0.308 e. The lowest BCUT2D eigenvalue weighted by molar-refractivity contribution is -0.144. The number of halogens is 1. The summed E-state index contributed by atoms with van der Waals surface area (Å²) >= 11 is 0. The number of carbonyl (C=O) groups is 1. The van der Waals surface area contributed by atoms with Crippen molar-refractivity contribution >= 4 is 5.97 Å². The zero-order valence-corrected chi connectivity index (χ0v) is 9.68. The number of rotatable bonds is 4. The SMILES string of the molecule is COC(=O)CC(O)C(O)c1cc(F)ccc1C. The summed E-state index contributed by atoms with van der Waals surface area (Å²) in [6.07, 6.45) is -2.97. The Balaban J connectivity index is 2.84. The Kier molecular flexibility index (Phi) is 4.60. The summed E-state index contributed by atoms with van der Waals surface area (Å²) in [5.74, 6) is -1.14. The third-order valence-corrected chi connectivity index (χ3v) is 2.53. The third-order valence-electron chi connectivity index (χ3n) is 2.53. The van der Waals surface area contributed by atoms with E-state index in [-0.39, 0.29) is 12.0 Å². The maximum absolute atomic E-state index is 13.0. The van der Waals surface area contributed by atoms with Gasteiger partial charge in [-0.1, -0.05) is 6.07 Å². The van der Waals surface area contributed by atoms with Crippen molar-refractivity contribution in [1.29, 1.82) is 0 Å². The number of benzene rings is 1. The molecule has 0 heterocycles. The van der Waals surface area contributed by atoms with E-state index in [9.17, 15) is 19.4 Å². The second-order valence-corrected chi connectivity index (χ2v) is 3.79. The summed E-state index contributed by atoms with van der Waals surface area (Å²) in [4.78, 5) is 10.9. The van der Waals surface area contributed by atoms with Crippen molar-refractivity contribution in [3.63, 3.8) is 0 Å². The highest BCUT2D eigenvalue weighted by atomic mass is 19.1. The topological polar surface area (TPSA) is 66.8 Å². The molecule has 1 rings (SSSR count). The van der Waals surface area contributed by atoms with Crippen LogP contribution in [0.5, 0.6) is 0 Å². The van der Waals surface area contributed by atoms with Crippen molar-refractivity contribution in [2.24, 2.45) is 0 Å². The Morgan fingerprint density at radius 2 is 2.12 bits per heavy atom. The van der Waals surface area contributed by atoms with Crippen molar-refractivity contribution in [2.45, 2.75) is 25.6 Å². The van der Waals surface area contributed by atoms with Gasteiger partial charge in [0.25, 0.3) is 0 Å². The molecule has 0 aromatic heterocycles. The lowest BCUT2D eigenvalue weighted by Gasteiger charge is -2.19. The molecule has 1 aromatic carbocycles. The van der Waals surface area contributed by atoms with Crippen LogP contribution < -0.4 is 0 Å². The first-order valence-corrected chi connectivity index (χ1v) is 5.14. The van der Waals surface area contributed by atoms with Crippen LogP contribution in [0, 0.1) is 12.7 Å². The molecule has 0 amide bonds. The van der Waals surface area contributed by atoms with Crippen molar-refractivity contribution in [3.05, 3.63) is 35.1 Å². The van der Waals surface area contributed by atoms with E-state index < -0.39 is 24.0 Å². The summed E-state index contributed by atoms with van der Waals surface area (Å²) in [7, 11) is 1.19. The van der Waals surface area contributed by atoms with E-state index >= 15 is 0 Å². The van der Waals surface area contributed by atoms with Crippen molar-refractivity contribution < 1.29 is 24.1 Å². The van der Waals surface area contributed by atoms with Crippen LogP contribution in [-0.4, -0.2) is 29.4 Å². The molecule has 17 heavy (non-hydrogen) atoms. The average Bonchev–Trinajstić information content (AvgIpc) is 2.31. The number of aliphatic hydroxyl groups excluding tert-OH is 2. The fourth-order valence-electron chi connectivity index (χ4n) is 1.50. The Morgan fingerprint density at radius 1 is 1.47 bits per heavy atom. The fraction of sp³-hybridized carbons (Fsp3) is 0.417. The zero-order chi connectivity index (χ0) is 13.0. The van der Waals surface area contributed by atoms with Crippen LogP contribution in [0.2, 0.25) is 0 Å². The molecular formula is C12H15FO4. The lowest BCUT2D eigenvalue weighted by atomic mass is 9.98. The minimum absolute atomic E-state index is 0.265. The number of ether oxygens (including phenoxy) is 1. The Labute approximate surface area is 98.7 Å². The quantitative estimate of drug-likeness (QED) is 0.776. The second kappa shape index (κ2) is 5.75. The lowest BCUT2D eigenvalue weighted by Crippen LogP contribution is -2.23. The molecule has 0 saturated carbocycles. The molecule has 0 fully saturated rings. The van der Waals surface area contributed by atoms with E-state index in [2.05, 4.69) is 4.74 Å². The van der Waals surface area contributed by atoms with Gasteiger partial charge in [0.2, 0.25) is 0 Å². The minimum Gasteiger partial charge on any atom is -0.469 e. The molecule has 0 aliphatic heterocycles. The number of aliphatic hydroxyl groups is 2. The van der Waals surface area contributed by atoms with Crippen LogP contribution in [0.3, 0.4) is 0 Å². The molecular weight excluding hydrogens is 227 g/mol. The van der Waals surface area contributed by atoms with E-state index in [1.807, 2.05) is 0 Å². The van der Waals surface area contributed by atoms with Gasteiger partial charge in [-0.05, 0) is 30.2 Å². The first-order chi connectivity index (χ1) is 7.95.